The van der Waals surface area contributed by atoms with Gasteiger partial charge in [-0.15, -0.1) is 0 Å². The number of hydrogen-bond donors (Lipinski definition) is 1. The summed E-state index contributed by atoms with van der Waals surface area (Å²) in [4.78, 5) is 4.31. The summed E-state index contributed by atoms with van der Waals surface area (Å²) in [5.41, 5.74) is 0.371. The lowest BCUT2D eigenvalue weighted by atomic mass is 9.79. The first kappa shape index (κ1) is 16.8. The first-order valence-corrected chi connectivity index (χ1v) is 7.29. The van der Waals surface area contributed by atoms with E-state index in [-0.39, 0.29) is 0 Å². The zero-order valence-electron chi connectivity index (χ0n) is 13.8. The molecular formula is C15H22BN3O3. The minimum atomic E-state index is -0.516. The van der Waals surface area contributed by atoms with Crippen molar-refractivity contribution in [1.82, 2.24) is 4.98 Å². The topological polar surface area (TPSA) is 76.4 Å². The van der Waals surface area contributed by atoms with Gasteiger partial charge in [-0.3, -0.25) is 0 Å². The van der Waals surface area contributed by atoms with E-state index < -0.39 is 18.3 Å². The molecule has 0 bridgehead atoms. The molecule has 6 nitrogen and oxygen atoms in total. The third kappa shape index (κ3) is 3.24. The molecule has 1 aromatic rings. The molecule has 1 saturated heterocycles. The molecule has 1 aromatic heterocycles. The zero-order chi connectivity index (χ0) is 16.4. The smallest absolute Gasteiger partial charge is 0.399 e. The average Bonchev–Trinajstić information content (AvgIpc) is 2.68. The Labute approximate surface area is 131 Å². The maximum atomic E-state index is 9.30. The Bertz CT molecular complexity index is 568. The van der Waals surface area contributed by atoms with Gasteiger partial charge in [0.25, 0.3) is 0 Å². The number of nitriles is 1. The van der Waals surface area contributed by atoms with Crippen LogP contribution < -0.4 is 10.8 Å². The van der Waals surface area contributed by atoms with Crippen LogP contribution in [0.4, 0.5) is 5.82 Å². The van der Waals surface area contributed by atoms with Crippen molar-refractivity contribution in [3.05, 3.63) is 17.8 Å². The summed E-state index contributed by atoms with van der Waals surface area (Å²) >= 11 is 0. The number of hydrogen-bond acceptors (Lipinski definition) is 6. The molecule has 0 aromatic carbocycles. The first-order chi connectivity index (χ1) is 10.3. The lowest BCUT2D eigenvalue weighted by Gasteiger charge is -2.32. The fraction of sp³-hybridized carbons (Fsp3) is 0.600. The Balaban J connectivity index is 2.19. The number of anilines is 1. The minimum Gasteiger partial charge on any atom is -0.399 e. The second-order valence-electron chi connectivity index (χ2n) is 6.28. The summed E-state index contributed by atoms with van der Waals surface area (Å²) in [5.74, 6) is 0.541. The molecule has 118 valence electrons. The summed E-state index contributed by atoms with van der Waals surface area (Å²) in [5, 5.41) is 12.4. The van der Waals surface area contributed by atoms with E-state index in [0.29, 0.717) is 24.5 Å². The summed E-state index contributed by atoms with van der Waals surface area (Å²) in [6.07, 6.45) is 1.68. The van der Waals surface area contributed by atoms with Crippen LogP contribution >= 0.6 is 0 Å². The van der Waals surface area contributed by atoms with E-state index >= 15 is 0 Å². The normalized spacial score (nSPS) is 19.0. The number of ether oxygens (including phenoxy) is 1. The van der Waals surface area contributed by atoms with Gasteiger partial charge >= 0.3 is 7.12 Å². The molecule has 1 N–H and O–H groups in total. The highest BCUT2D eigenvalue weighted by molar-refractivity contribution is 6.62. The molecule has 0 unspecified atom stereocenters. The summed E-state index contributed by atoms with van der Waals surface area (Å²) in [6.45, 7) is 9.11. The molecule has 1 fully saturated rings. The van der Waals surface area contributed by atoms with E-state index in [2.05, 4.69) is 16.4 Å². The molecule has 2 heterocycles. The molecule has 7 heteroatoms. The molecule has 0 amide bonds. The van der Waals surface area contributed by atoms with Crippen LogP contribution in [0.5, 0.6) is 0 Å². The molecular weight excluding hydrogens is 281 g/mol. The van der Waals surface area contributed by atoms with E-state index in [4.69, 9.17) is 14.0 Å². The van der Waals surface area contributed by atoms with Crippen molar-refractivity contribution >= 4 is 18.4 Å². The van der Waals surface area contributed by atoms with Gasteiger partial charge in [0, 0.05) is 25.3 Å². The first-order valence-electron chi connectivity index (χ1n) is 7.29. The van der Waals surface area contributed by atoms with Crippen molar-refractivity contribution in [2.75, 3.05) is 25.6 Å². The van der Waals surface area contributed by atoms with Gasteiger partial charge in [-0.1, -0.05) is 0 Å². The molecule has 0 atom stereocenters. The van der Waals surface area contributed by atoms with E-state index in [9.17, 15) is 5.26 Å². The van der Waals surface area contributed by atoms with E-state index in [1.807, 2.05) is 27.7 Å². The Morgan fingerprint density at radius 3 is 2.50 bits per heavy atom. The monoisotopic (exact) mass is 303 g/mol. The van der Waals surface area contributed by atoms with Gasteiger partial charge in [0.1, 0.15) is 11.9 Å². The lowest BCUT2D eigenvalue weighted by molar-refractivity contribution is 0.00578. The van der Waals surface area contributed by atoms with Crippen LogP contribution in [0.3, 0.4) is 0 Å². The molecule has 1 aliphatic heterocycles. The van der Waals surface area contributed by atoms with Crippen LogP contribution in [0, 0.1) is 11.3 Å². The van der Waals surface area contributed by atoms with Gasteiger partial charge in [-0.2, -0.15) is 5.26 Å². The predicted octanol–water partition coefficient (Wildman–Crippen LogP) is 1.31. The van der Waals surface area contributed by atoms with Crippen LogP contribution in [0.1, 0.15) is 33.3 Å². The SMILES string of the molecule is COCCNc1ncc(B2OC(C)(C)C(C)(C)O2)cc1C#N. The minimum absolute atomic E-state index is 0.417. The van der Waals surface area contributed by atoms with Crippen molar-refractivity contribution < 1.29 is 14.0 Å². The number of aromatic nitrogens is 1. The Morgan fingerprint density at radius 2 is 1.95 bits per heavy atom. The standard InChI is InChI=1S/C15H22BN3O3/c1-14(2)15(3,4)22-16(21-14)12-8-11(9-17)13(19-10-12)18-6-7-20-5/h8,10H,6-7H2,1-5H3,(H,18,19). The molecule has 0 saturated carbocycles. The fourth-order valence-electron chi connectivity index (χ4n) is 2.09. The van der Waals surface area contributed by atoms with Crippen LogP contribution in [-0.2, 0) is 14.0 Å². The molecule has 0 radical (unpaired) electrons. The van der Waals surface area contributed by atoms with Crippen LogP contribution in [-0.4, -0.2) is 43.6 Å². The van der Waals surface area contributed by atoms with Crippen molar-refractivity contribution in [2.24, 2.45) is 0 Å². The molecule has 2 rings (SSSR count). The van der Waals surface area contributed by atoms with Gasteiger partial charge in [0.2, 0.25) is 0 Å². The Morgan fingerprint density at radius 1 is 1.32 bits per heavy atom. The highest BCUT2D eigenvalue weighted by Gasteiger charge is 2.51. The third-order valence-corrected chi connectivity index (χ3v) is 4.15. The van der Waals surface area contributed by atoms with Crippen molar-refractivity contribution in [2.45, 2.75) is 38.9 Å². The Kier molecular flexibility index (Phi) is 4.76. The highest BCUT2D eigenvalue weighted by atomic mass is 16.7. The van der Waals surface area contributed by atoms with E-state index in [0.717, 1.165) is 5.46 Å². The maximum absolute atomic E-state index is 9.30. The lowest BCUT2D eigenvalue weighted by Crippen LogP contribution is -2.41. The van der Waals surface area contributed by atoms with Gasteiger partial charge in [-0.05, 0) is 33.8 Å². The summed E-state index contributed by atoms with van der Waals surface area (Å²) in [7, 11) is 1.11. The number of rotatable bonds is 5. The van der Waals surface area contributed by atoms with E-state index in [1.54, 1.807) is 19.4 Å². The summed E-state index contributed by atoms with van der Waals surface area (Å²) < 4.78 is 16.9. The number of nitrogens with zero attached hydrogens (tertiary/aromatic N) is 2. The second kappa shape index (κ2) is 6.25. The number of pyridine rings is 1. The van der Waals surface area contributed by atoms with Crippen LogP contribution in [0.2, 0.25) is 0 Å². The second-order valence-corrected chi connectivity index (χ2v) is 6.28. The van der Waals surface area contributed by atoms with Gasteiger partial charge < -0.3 is 19.4 Å². The van der Waals surface area contributed by atoms with Crippen LogP contribution in [0.15, 0.2) is 12.3 Å². The predicted molar refractivity (Wildman–Crippen MR) is 85.0 cm³/mol. The van der Waals surface area contributed by atoms with Crippen molar-refractivity contribution in [1.29, 1.82) is 5.26 Å². The van der Waals surface area contributed by atoms with E-state index in [1.165, 1.54) is 0 Å². The fourth-order valence-corrected chi connectivity index (χ4v) is 2.09. The van der Waals surface area contributed by atoms with Gasteiger partial charge in [-0.25, -0.2) is 4.98 Å². The van der Waals surface area contributed by atoms with Crippen molar-refractivity contribution in [3.63, 3.8) is 0 Å². The molecule has 22 heavy (non-hydrogen) atoms. The third-order valence-electron chi connectivity index (χ3n) is 4.15. The van der Waals surface area contributed by atoms with Gasteiger partial charge in [0.15, 0.2) is 0 Å². The number of nitrogens with one attached hydrogen (secondary N) is 1. The molecule has 0 spiro atoms. The van der Waals surface area contributed by atoms with Crippen molar-refractivity contribution in [3.8, 4) is 6.07 Å². The molecule has 0 aliphatic carbocycles. The summed E-state index contributed by atoms with van der Waals surface area (Å²) in [6, 6.07) is 3.91. The molecule has 1 aliphatic rings. The Hall–Kier alpha value is -1.62. The zero-order valence-corrected chi connectivity index (χ0v) is 13.8. The number of methoxy groups -OCH3 is 1. The largest absolute Gasteiger partial charge is 0.496 e. The van der Waals surface area contributed by atoms with Gasteiger partial charge in [0.05, 0.1) is 23.4 Å². The quantitative estimate of drug-likeness (QED) is 0.653. The van der Waals surface area contributed by atoms with Crippen LogP contribution in [0.25, 0.3) is 0 Å². The average molecular weight is 303 g/mol. The maximum Gasteiger partial charge on any atom is 0.496 e. The highest BCUT2D eigenvalue weighted by Crippen LogP contribution is 2.36.